The highest BCUT2D eigenvalue weighted by atomic mass is 32.1. The normalized spacial score (nSPS) is 21.8. The molecule has 18 heavy (non-hydrogen) atoms. The van der Waals surface area contributed by atoms with Gasteiger partial charge in [0.15, 0.2) is 0 Å². The number of rotatable bonds is 3. The van der Waals surface area contributed by atoms with Crippen molar-refractivity contribution in [1.82, 2.24) is 4.90 Å². The SMILES string of the molecule is CCc1sc(C(=O)N2CC(O)(C3CC3)C2)cc1C. The van der Waals surface area contributed by atoms with Crippen molar-refractivity contribution in [2.45, 2.75) is 38.7 Å². The topological polar surface area (TPSA) is 40.5 Å². The molecule has 1 aliphatic carbocycles. The number of amides is 1. The quantitative estimate of drug-likeness (QED) is 0.910. The zero-order valence-electron chi connectivity index (χ0n) is 10.9. The maximum Gasteiger partial charge on any atom is 0.264 e. The summed E-state index contributed by atoms with van der Waals surface area (Å²) in [6, 6.07) is 1.99. The van der Waals surface area contributed by atoms with Crippen LogP contribution in [0.15, 0.2) is 6.07 Å². The summed E-state index contributed by atoms with van der Waals surface area (Å²) in [4.78, 5) is 16.2. The van der Waals surface area contributed by atoms with Crippen LogP contribution < -0.4 is 0 Å². The Morgan fingerprint density at radius 3 is 2.72 bits per heavy atom. The van der Waals surface area contributed by atoms with Gasteiger partial charge in [0.25, 0.3) is 5.91 Å². The van der Waals surface area contributed by atoms with Crippen molar-refractivity contribution in [2.24, 2.45) is 5.92 Å². The summed E-state index contributed by atoms with van der Waals surface area (Å²) in [5.74, 6) is 0.533. The van der Waals surface area contributed by atoms with E-state index in [9.17, 15) is 9.90 Å². The summed E-state index contributed by atoms with van der Waals surface area (Å²) in [5, 5.41) is 10.2. The van der Waals surface area contributed by atoms with E-state index in [1.54, 1.807) is 16.2 Å². The second-order valence-corrected chi connectivity index (χ2v) is 6.75. The highest BCUT2D eigenvalue weighted by molar-refractivity contribution is 7.14. The number of hydrogen-bond acceptors (Lipinski definition) is 3. The lowest BCUT2D eigenvalue weighted by molar-refractivity contribution is -0.0956. The van der Waals surface area contributed by atoms with Crippen LogP contribution in [0.2, 0.25) is 0 Å². The largest absolute Gasteiger partial charge is 0.386 e. The molecule has 1 amide bonds. The number of thiophene rings is 1. The monoisotopic (exact) mass is 265 g/mol. The van der Waals surface area contributed by atoms with Gasteiger partial charge in [-0.05, 0) is 43.7 Å². The van der Waals surface area contributed by atoms with Crippen LogP contribution in [0.25, 0.3) is 0 Å². The fourth-order valence-corrected chi connectivity index (χ4v) is 3.85. The van der Waals surface area contributed by atoms with E-state index in [-0.39, 0.29) is 5.91 Å². The molecule has 98 valence electrons. The molecule has 1 N–H and O–H groups in total. The molecule has 1 saturated carbocycles. The summed E-state index contributed by atoms with van der Waals surface area (Å²) < 4.78 is 0. The molecule has 3 nitrogen and oxygen atoms in total. The van der Waals surface area contributed by atoms with Crippen molar-refractivity contribution in [1.29, 1.82) is 0 Å². The van der Waals surface area contributed by atoms with Crippen molar-refractivity contribution in [3.05, 3.63) is 21.4 Å². The molecule has 0 unspecified atom stereocenters. The molecule has 0 radical (unpaired) electrons. The first-order chi connectivity index (χ1) is 8.53. The summed E-state index contributed by atoms with van der Waals surface area (Å²) in [6.45, 7) is 5.22. The molecule has 2 heterocycles. The van der Waals surface area contributed by atoms with Gasteiger partial charge in [0, 0.05) is 4.88 Å². The Morgan fingerprint density at radius 2 is 2.22 bits per heavy atom. The fraction of sp³-hybridized carbons (Fsp3) is 0.643. The van der Waals surface area contributed by atoms with Gasteiger partial charge < -0.3 is 10.0 Å². The average molecular weight is 265 g/mol. The Labute approximate surface area is 111 Å². The van der Waals surface area contributed by atoms with E-state index in [0.29, 0.717) is 19.0 Å². The zero-order chi connectivity index (χ0) is 12.9. The van der Waals surface area contributed by atoms with Crippen LogP contribution in [-0.2, 0) is 6.42 Å². The van der Waals surface area contributed by atoms with Crippen molar-refractivity contribution >= 4 is 17.2 Å². The minimum atomic E-state index is -0.574. The summed E-state index contributed by atoms with van der Waals surface area (Å²) in [6.07, 6.45) is 3.23. The Morgan fingerprint density at radius 1 is 1.56 bits per heavy atom. The lowest BCUT2D eigenvalue weighted by atomic mass is 9.88. The molecule has 0 bridgehead atoms. The third kappa shape index (κ3) is 1.88. The van der Waals surface area contributed by atoms with E-state index in [1.165, 1.54) is 10.4 Å². The number of nitrogens with zero attached hydrogens (tertiary/aromatic N) is 1. The lowest BCUT2D eigenvalue weighted by Gasteiger charge is -2.46. The third-order valence-corrected chi connectivity index (χ3v) is 5.48. The van der Waals surface area contributed by atoms with E-state index in [1.807, 2.05) is 6.07 Å². The Balaban J connectivity index is 1.68. The highest BCUT2D eigenvalue weighted by Gasteiger charge is 2.53. The second-order valence-electron chi connectivity index (χ2n) is 5.61. The number of aryl methyl sites for hydroxylation is 2. The highest BCUT2D eigenvalue weighted by Crippen LogP contribution is 2.45. The lowest BCUT2D eigenvalue weighted by Crippen LogP contribution is -2.64. The van der Waals surface area contributed by atoms with Gasteiger partial charge in [-0.25, -0.2) is 0 Å². The van der Waals surface area contributed by atoms with Gasteiger partial charge in [0.2, 0.25) is 0 Å². The summed E-state index contributed by atoms with van der Waals surface area (Å²) >= 11 is 1.60. The minimum Gasteiger partial charge on any atom is -0.386 e. The standard InChI is InChI=1S/C14H19NO2S/c1-3-11-9(2)6-12(18-11)13(16)15-7-14(17,8-15)10-4-5-10/h6,10,17H,3-5,7-8H2,1-2H3. The molecule has 0 aromatic carbocycles. The van der Waals surface area contributed by atoms with Crippen LogP contribution in [0, 0.1) is 12.8 Å². The van der Waals surface area contributed by atoms with E-state index < -0.39 is 5.60 Å². The number of carbonyl (C=O) groups is 1. The van der Waals surface area contributed by atoms with E-state index in [0.717, 1.165) is 24.1 Å². The minimum absolute atomic E-state index is 0.0909. The smallest absolute Gasteiger partial charge is 0.264 e. The Hall–Kier alpha value is -0.870. The predicted octanol–water partition coefficient (Wildman–Crippen LogP) is 2.22. The van der Waals surface area contributed by atoms with Crippen LogP contribution in [0.3, 0.4) is 0 Å². The van der Waals surface area contributed by atoms with Crippen molar-refractivity contribution < 1.29 is 9.90 Å². The van der Waals surface area contributed by atoms with Gasteiger partial charge in [-0.3, -0.25) is 4.79 Å². The van der Waals surface area contributed by atoms with E-state index in [2.05, 4.69) is 13.8 Å². The molecule has 2 aliphatic rings. The van der Waals surface area contributed by atoms with E-state index in [4.69, 9.17) is 0 Å². The molecule has 1 aromatic rings. The van der Waals surface area contributed by atoms with Gasteiger partial charge in [0.05, 0.1) is 18.0 Å². The number of aliphatic hydroxyl groups is 1. The number of likely N-dealkylation sites (tertiary alicyclic amines) is 1. The number of β-amino-alcohol motifs (C(OH)–C–C–N with tert-alkyl or cyclic N) is 1. The molecule has 1 saturated heterocycles. The van der Waals surface area contributed by atoms with Gasteiger partial charge >= 0.3 is 0 Å². The van der Waals surface area contributed by atoms with Crippen LogP contribution in [0.1, 0.15) is 39.9 Å². The maximum atomic E-state index is 12.3. The number of carbonyl (C=O) groups excluding carboxylic acids is 1. The van der Waals surface area contributed by atoms with E-state index >= 15 is 0 Å². The molecule has 0 atom stereocenters. The van der Waals surface area contributed by atoms with Crippen LogP contribution in [0.4, 0.5) is 0 Å². The fourth-order valence-electron chi connectivity index (χ4n) is 2.77. The maximum absolute atomic E-state index is 12.3. The van der Waals surface area contributed by atoms with Gasteiger partial charge in [-0.15, -0.1) is 11.3 Å². The molecule has 3 rings (SSSR count). The molecule has 4 heteroatoms. The van der Waals surface area contributed by atoms with Gasteiger partial charge in [-0.2, -0.15) is 0 Å². The van der Waals surface area contributed by atoms with Crippen molar-refractivity contribution in [3.8, 4) is 0 Å². The van der Waals surface area contributed by atoms with Crippen molar-refractivity contribution in [3.63, 3.8) is 0 Å². The van der Waals surface area contributed by atoms with Crippen molar-refractivity contribution in [2.75, 3.05) is 13.1 Å². The molecule has 2 fully saturated rings. The third-order valence-electron chi connectivity index (χ3n) is 4.11. The molecule has 1 aliphatic heterocycles. The predicted molar refractivity (Wildman–Crippen MR) is 72.0 cm³/mol. The molecular formula is C14H19NO2S. The summed E-state index contributed by atoms with van der Waals surface area (Å²) in [7, 11) is 0. The zero-order valence-corrected chi connectivity index (χ0v) is 11.7. The average Bonchev–Trinajstić information content (AvgIpc) is 3.08. The summed E-state index contributed by atoms with van der Waals surface area (Å²) in [5.41, 5.74) is 0.638. The van der Waals surface area contributed by atoms with Crippen LogP contribution >= 0.6 is 11.3 Å². The molecular weight excluding hydrogens is 246 g/mol. The Kier molecular flexibility index (Phi) is 2.75. The Bertz CT molecular complexity index is 484. The molecule has 0 spiro atoms. The van der Waals surface area contributed by atoms with Gasteiger partial charge in [0.1, 0.15) is 5.60 Å². The second kappa shape index (κ2) is 4.07. The van der Waals surface area contributed by atoms with Crippen LogP contribution in [0.5, 0.6) is 0 Å². The molecule has 1 aromatic heterocycles. The first-order valence-corrected chi connectivity index (χ1v) is 7.46. The van der Waals surface area contributed by atoms with Gasteiger partial charge in [-0.1, -0.05) is 6.92 Å². The van der Waals surface area contributed by atoms with Crippen LogP contribution in [-0.4, -0.2) is 34.6 Å². The first-order valence-electron chi connectivity index (χ1n) is 6.64. The number of hydrogen-bond donors (Lipinski definition) is 1. The first kappa shape index (κ1) is 12.2.